The van der Waals surface area contributed by atoms with Crippen molar-refractivity contribution in [2.75, 3.05) is 0 Å². The van der Waals surface area contributed by atoms with E-state index in [0.29, 0.717) is 5.92 Å². The topological polar surface area (TPSA) is 0 Å². The summed E-state index contributed by atoms with van der Waals surface area (Å²) in [6.07, 6.45) is 1.14. The van der Waals surface area contributed by atoms with Gasteiger partial charge in [0.1, 0.15) is 0 Å². The molecule has 5 aromatic rings. The molecule has 1 aliphatic heterocycles. The molecule has 2 radical (unpaired) electrons. The van der Waals surface area contributed by atoms with Gasteiger partial charge >= 0.3 is 26.2 Å². The third-order valence-corrected chi connectivity index (χ3v) is 9.46. The van der Waals surface area contributed by atoms with E-state index < -0.39 is 0 Å². The molecule has 6 rings (SSSR count). The average Bonchev–Trinajstić information content (AvgIpc) is 3.48. The third kappa shape index (κ3) is 8.50. The Hall–Kier alpha value is -1.83. The molecule has 0 saturated carbocycles. The molecule has 0 amide bonds. The Morgan fingerprint density at radius 3 is 2.00 bits per heavy atom. The number of rotatable bonds is 3. The fourth-order valence-corrected chi connectivity index (χ4v) is 7.10. The predicted molar refractivity (Wildman–Crippen MR) is 181 cm³/mol. The largest absolute Gasteiger partial charge is 4.00 e. The summed E-state index contributed by atoms with van der Waals surface area (Å²) in [6.45, 7) is 20.7. The van der Waals surface area contributed by atoms with Crippen molar-refractivity contribution in [1.29, 1.82) is 0 Å². The normalized spacial score (nSPS) is 11.9. The molecule has 0 aliphatic carbocycles. The van der Waals surface area contributed by atoms with Gasteiger partial charge in [-0.3, -0.25) is 0 Å². The van der Waals surface area contributed by atoms with Gasteiger partial charge in [-0.1, -0.05) is 120 Å². The van der Waals surface area contributed by atoms with Crippen LogP contribution < -0.4 is 35.2 Å². The van der Waals surface area contributed by atoms with E-state index in [1.807, 2.05) is 6.07 Å². The van der Waals surface area contributed by atoms with Crippen LogP contribution in [0.1, 0.15) is 77.6 Å². The van der Waals surface area contributed by atoms with E-state index >= 15 is 0 Å². The molecule has 226 valence electrons. The summed E-state index contributed by atoms with van der Waals surface area (Å²) in [5.41, 5.74) is 11.5. The molecule has 1 heterocycles. The second kappa shape index (κ2) is 15.2. The minimum Gasteiger partial charge on any atom is -1.00 e. The second-order valence-corrected chi connectivity index (χ2v) is 15.4. The summed E-state index contributed by atoms with van der Waals surface area (Å²) >= 11 is 0. The molecular formula is C40H44Cl2SiZr. The van der Waals surface area contributed by atoms with E-state index in [-0.39, 0.29) is 61.8 Å². The van der Waals surface area contributed by atoms with E-state index in [4.69, 9.17) is 0 Å². The summed E-state index contributed by atoms with van der Waals surface area (Å²) in [7, 11) is 0.795. The summed E-state index contributed by atoms with van der Waals surface area (Å²) < 4.78 is 0. The van der Waals surface area contributed by atoms with Crippen molar-refractivity contribution in [2.24, 2.45) is 5.92 Å². The van der Waals surface area contributed by atoms with Crippen molar-refractivity contribution in [2.45, 2.75) is 79.6 Å². The first kappa shape index (κ1) is 38.4. The Kier molecular flexibility index (Phi) is 13.2. The summed E-state index contributed by atoms with van der Waals surface area (Å²) in [4.78, 5) is 0. The number of hydrogen-bond donors (Lipinski definition) is 0. The van der Waals surface area contributed by atoms with E-state index in [1.165, 1.54) is 65.7 Å². The van der Waals surface area contributed by atoms with Crippen LogP contribution in [0.5, 0.6) is 0 Å². The zero-order valence-electron chi connectivity index (χ0n) is 27.6. The average molecular weight is 715 g/mol. The minimum absolute atomic E-state index is 0. The van der Waals surface area contributed by atoms with Crippen LogP contribution in [-0.4, -0.2) is 9.52 Å². The molecule has 0 fully saturated rings. The van der Waals surface area contributed by atoms with Gasteiger partial charge in [-0.15, -0.1) is 40.1 Å². The number of benzene rings is 4. The molecular weight excluding hydrogens is 671 g/mol. The zero-order valence-corrected chi connectivity index (χ0v) is 32.6. The molecule has 0 atom stereocenters. The maximum Gasteiger partial charge on any atom is 4.00 e. The Labute approximate surface area is 300 Å². The van der Waals surface area contributed by atoms with E-state index in [1.54, 1.807) is 0 Å². The number of aryl methyl sites for hydroxylation is 1. The van der Waals surface area contributed by atoms with Crippen LogP contribution in [0.25, 0.3) is 33.0 Å². The van der Waals surface area contributed by atoms with Gasteiger partial charge in [0.15, 0.2) is 0 Å². The van der Waals surface area contributed by atoms with Crippen molar-refractivity contribution < 1.29 is 51.0 Å². The van der Waals surface area contributed by atoms with Gasteiger partial charge in [0.2, 0.25) is 0 Å². The maximum atomic E-state index is 3.31. The first-order valence-corrected chi connectivity index (χ1v) is 16.0. The monoisotopic (exact) mass is 712 g/mol. The van der Waals surface area contributed by atoms with Gasteiger partial charge in [-0.05, 0) is 46.8 Å². The summed E-state index contributed by atoms with van der Waals surface area (Å²) in [6, 6.07) is 34.8. The molecule has 0 N–H and O–H groups in total. The molecule has 44 heavy (non-hydrogen) atoms. The Bertz CT molecular complexity index is 1620. The summed E-state index contributed by atoms with van der Waals surface area (Å²) in [5, 5.41) is 5.60. The maximum absolute atomic E-state index is 3.31. The smallest absolute Gasteiger partial charge is 1.00 e. The van der Waals surface area contributed by atoms with Crippen LogP contribution in [0, 0.1) is 18.9 Å². The first-order chi connectivity index (χ1) is 19.3. The quantitative estimate of drug-likeness (QED) is 0.195. The Balaban J connectivity index is 0.000000354. The van der Waals surface area contributed by atoms with Crippen LogP contribution in [-0.2, 0) is 43.5 Å². The molecule has 5 aromatic carbocycles. The molecule has 1 aliphatic rings. The van der Waals surface area contributed by atoms with Gasteiger partial charge in [0, 0.05) is 0 Å². The van der Waals surface area contributed by atoms with E-state index in [0.717, 1.165) is 15.9 Å². The molecule has 0 unspecified atom stereocenters. The molecule has 0 nitrogen and oxygen atoms in total. The van der Waals surface area contributed by atoms with Crippen molar-refractivity contribution in [1.82, 2.24) is 0 Å². The van der Waals surface area contributed by atoms with E-state index in [9.17, 15) is 0 Å². The van der Waals surface area contributed by atoms with Crippen molar-refractivity contribution in [3.63, 3.8) is 0 Å². The van der Waals surface area contributed by atoms with Crippen LogP contribution in [0.2, 0.25) is 0 Å². The van der Waals surface area contributed by atoms with Gasteiger partial charge < -0.3 is 24.8 Å². The molecule has 0 aromatic heterocycles. The zero-order chi connectivity index (χ0) is 29.5. The second-order valence-electron chi connectivity index (χ2n) is 14.2. The number of hydrogen-bond acceptors (Lipinski definition) is 0. The Morgan fingerprint density at radius 1 is 0.773 bits per heavy atom. The van der Waals surface area contributed by atoms with Gasteiger partial charge in [0.05, 0.1) is 9.52 Å². The van der Waals surface area contributed by atoms with Gasteiger partial charge in [-0.25, -0.2) is 0 Å². The van der Waals surface area contributed by atoms with Crippen molar-refractivity contribution >= 4 is 30.7 Å². The fourth-order valence-electron chi connectivity index (χ4n) is 5.79. The van der Waals surface area contributed by atoms with Crippen molar-refractivity contribution in [3.05, 3.63) is 113 Å². The fraction of sp³-hybridized carbons (Fsp3) is 0.325. The van der Waals surface area contributed by atoms with Crippen LogP contribution in [0.3, 0.4) is 0 Å². The van der Waals surface area contributed by atoms with Gasteiger partial charge in [0.25, 0.3) is 0 Å². The number of halogens is 2. The van der Waals surface area contributed by atoms with Gasteiger partial charge in [-0.2, -0.15) is 35.5 Å². The molecule has 4 heteroatoms. The SMILES string of the molecule is Cc1ccc2[cH-]c(CC(C)C)cc2c1-c1cc(C(C)(C)C)cc(C(C)(C)C)c1.[Cl-].[Cl-].[Zr+4].[c-]1cccc2c1[Si]c1ccccc1-2. The van der Waals surface area contributed by atoms with E-state index in [2.05, 4.69) is 147 Å². The van der Waals surface area contributed by atoms with Crippen LogP contribution >= 0.6 is 0 Å². The minimum atomic E-state index is 0. The third-order valence-electron chi connectivity index (χ3n) is 8.09. The molecule has 0 spiro atoms. The van der Waals surface area contributed by atoms with Crippen LogP contribution in [0.4, 0.5) is 0 Å². The van der Waals surface area contributed by atoms with Crippen molar-refractivity contribution in [3.8, 4) is 22.3 Å². The predicted octanol–water partition coefficient (Wildman–Crippen LogP) is 3.46. The summed E-state index contributed by atoms with van der Waals surface area (Å²) in [5.74, 6) is 0.679. The molecule has 0 bridgehead atoms. The number of fused-ring (bicyclic) bond motifs is 4. The first-order valence-electron chi connectivity index (χ1n) is 15.0. The standard InChI is InChI=1S/C28H37.C12H7Si.2ClH.Zr/c1-18(2)12-20-13-21-11-10-19(3)26(25(21)14-20)22-15-23(27(4,5)6)17-24(16-22)28(7,8)9;1-3-7-11-9(5-1)10-6-2-4-8-12(10)13-11;;;/h10-11,13-18H,12H2,1-9H3;1-7H;2*1H;/q2*-1;;;+4/p-2. The molecule has 0 saturated heterocycles. The van der Waals surface area contributed by atoms with Crippen LogP contribution in [0.15, 0.2) is 84.9 Å². The Morgan fingerprint density at radius 2 is 1.39 bits per heavy atom.